The fraction of sp³-hybridized carbons (Fsp3) is 0.467. The van der Waals surface area contributed by atoms with Gasteiger partial charge in [0.25, 0.3) is 0 Å². The van der Waals surface area contributed by atoms with Crippen molar-refractivity contribution in [1.29, 1.82) is 0 Å². The summed E-state index contributed by atoms with van der Waals surface area (Å²) < 4.78 is 7.74. The van der Waals surface area contributed by atoms with Crippen molar-refractivity contribution >= 4 is 28.6 Å². The van der Waals surface area contributed by atoms with Crippen molar-refractivity contribution in [2.75, 3.05) is 0 Å². The lowest BCUT2D eigenvalue weighted by Gasteiger charge is -2.17. The van der Waals surface area contributed by atoms with Crippen LogP contribution in [0.2, 0.25) is 5.02 Å². The van der Waals surface area contributed by atoms with E-state index in [1.165, 1.54) is 0 Å². The van der Waals surface area contributed by atoms with E-state index in [2.05, 4.69) is 23.4 Å². The molecule has 1 aromatic carbocycles. The zero-order valence-electron chi connectivity index (χ0n) is 11.9. The number of benzene rings is 1. The summed E-state index contributed by atoms with van der Waals surface area (Å²) in [6.07, 6.45) is 0.168. The Morgan fingerprint density at radius 1 is 1.48 bits per heavy atom. The number of ether oxygens (including phenoxy) is 1. The molecule has 2 atom stereocenters. The van der Waals surface area contributed by atoms with Crippen LogP contribution in [0.1, 0.15) is 44.7 Å². The van der Waals surface area contributed by atoms with Crippen LogP contribution in [0, 0.1) is 0 Å². The highest BCUT2D eigenvalue weighted by molar-refractivity contribution is 6.31. The fourth-order valence-electron chi connectivity index (χ4n) is 2.87. The molecule has 1 aliphatic rings. The molecule has 3 rings (SSSR count). The van der Waals surface area contributed by atoms with Gasteiger partial charge in [0.2, 0.25) is 0 Å². The minimum Gasteiger partial charge on any atom is -0.479 e. The lowest BCUT2D eigenvalue weighted by atomic mass is 10.2. The minimum atomic E-state index is -0.909. The highest BCUT2D eigenvalue weighted by Gasteiger charge is 2.34. The van der Waals surface area contributed by atoms with Crippen molar-refractivity contribution in [3.63, 3.8) is 0 Å². The average molecular weight is 309 g/mol. The number of carboxylic acids is 1. The van der Waals surface area contributed by atoms with Crippen LogP contribution < -0.4 is 0 Å². The Morgan fingerprint density at radius 3 is 2.86 bits per heavy atom. The number of halogens is 1. The molecule has 2 unspecified atom stereocenters. The molecule has 5 nitrogen and oxygen atoms in total. The van der Waals surface area contributed by atoms with E-state index in [4.69, 9.17) is 21.4 Å². The van der Waals surface area contributed by atoms with Gasteiger partial charge in [0, 0.05) is 11.1 Å². The Hall–Kier alpha value is -1.59. The van der Waals surface area contributed by atoms with Gasteiger partial charge in [-0.3, -0.25) is 0 Å². The maximum absolute atomic E-state index is 11.0. The summed E-state index contributed by atoms with van der Waals surface area (Å²) in [5, 5.41) is 9.70. The molecule has 21 heavy (non-hydrogen) atoms. The largest absolute Gasteiger partial charge is 0.479 e. The summed E-state index contributed by atoms with van der Waals surface area (Å²) in [7, 11) is 0. The molecule has 112 valence electrons. The van der Waals surface area contributed by atoms with E-state index in [0.29, 0.717) is 17.9 Å². The molecule has 0 aliphatic carbocycles. The first kappa shape index (κ1) is 14.4. The van der Waals surface area contributed by atoms with Crippen LogP contribution in [-0.2, 0) is 9.53 Å². The number of hydrogen-bond donors (Lipinski definition) is 1. The summed E-state index contributed by atoms with van der Waals surface area (Å²) >= 11 is 6.03. The predicted molar refractivity (Wildman–Crippen MR) is 79.6 cm³/mol. The maximum Gasteiger partial charge on any atom is 0.332 e. The lowest BCUT2D eigenvalue weighted by molar-refractivity contribution is -0.149. The molecule has 1 saturated heterocycles. The van der Waals surface area contributed by atoms with Crippen LogP contribution in [0.3, 0.4) is 0 Å². The van der Waals surface area contributed by atoms with Crippen molar-refractivity contribution in [1.82, 2.24) is 9.55 Å². The minimum absolute atomic E-state index is 0.207. The Balaban J connectivity index is 2.06. The monoisotopic (exact) mass is 308 g/mol. The standard InChI is InChI=1S/C15H17ClN2O3/c1-8(2)18-11-4-3-9(16)7-10(11)17-14(18)12-5-6-13(21-12)15(19)20/h3-4,7-8,12-13H,5-6H2,1-2H3,(H,19,20). The van der Waals surface area contributed by atoms with Gasteiger partial charge in [-0.1, -0.05) is 11.6 Å². The summed E-state index contributed by atoms with van der Waals surface area (Å²) in [6, 6.07) is 5.81. The number of carboxylic acid groups (broad SMARTS) is 1. The second-order valence-electron chi connectivity index (χ2n) is 5.60. The van der Waals surface area contributed by atoms with Gasteiger partial charge < -0.3 is 14.4 Å². The van der Waals surface area contributed by atoms with E-state index in [-0.39, 0.29) is 12.1 Å². The third kappa shape index (κ3) is 2.51. The van der Waals surface area contributed by atoms with Gasteiger partial charge >= 0.3 is 5.97 Å². The molecule has 0 saturated carbocycles. The molecule has 0 amide bonds. The third-order valence-corrected chi connectivity index (χ3v) is 4.01. The van der Waals surface area contributed by atoms with E-state index >= 15 is 0 Å². The molecular weight excluding hydrogens is 292 g/mol. The molecule has 6 heteroatoms. The maximum atomic E-state index is 11.0. The quantitative estimate of drug-likeness (QED) is 0.941. The van der Waals surface area contributed by atoms with Gasteiger partial charge in [0.1, 0.15) is 11.9 Å². The number of carbonyl (C=O) groups is 1. The van der Waals surface area contributed by atoms with Crippen LogP contribution in [-0.4, -0.2) is 26.7 Å². The molecule has 0 spiro atoms. The zero-order valence-corrected chi connectivity index (χ0v) is 12.7. The summed E-state index contributed by atoms with van der Waals surface area (Å²) in [6.45, 7) is 4.14. The molecule has 2 heterocycles. The van der Waals surface area contributed by atoms with Crippen LogP contribution in [0.4, 0.5) is 0 Å². The van der Waals surface area contributed by atoms with Gasteiger partial charge in [-0.2, -0.15) is 0 Å². The van der Waals surface area contributed by atoms with Gasteiger partial charge in [0.05, 0.1) is 11.0 Å². The number of nitrogens with zero attached hydrogens (tertiary/aromatic N) is 2. The topological polar surface area (TPSA) is 64.4 Å². The van der Waals surface area contributed by atoms with E-state index in [1.807, 2.05) is 18.2 Å². The predicted octanol–water partition coefficient (Wildman–Crippen LogP) is 3.58. The average Bonchev–Trinajstić information content (AvgIpc) is 3.01. The van der Waals surface area contributed by atoms with Crippen LogP contribution in [0.15, 0.2) is 18.2 Å². The number of hydrogen-bond acceptors (Lipinski definition) is 3. The van der Waals surface area contributed by atoms with Crippen LogP contribution in [0.25, 0.3) is 11.0 Å². The second-order valence-corrected chi connectivity index (χ2v) is 6.03. The number of aliphatic carboxylic acids is 1. The molecule has 1 aromatic heterocycles. The van der Waals surface area contributed by atoms with Gasteiger partial charge in [-0.15, -0.1) is 0 Å². The smallest absolute Gasteiger partial charge is 0.332 e. The summed E-state index contributed by atoms with van der Waals surface area (Å²) in [5.41, 5.74) is 1.81. The van der Waals surface area contributed by atoms with Gasteiger partial charge in [-0.05, 0) is 44.9 Å². The van der Waals surface area contributed by atoms with Crippen molar-refractivity contribution in [3.8, 4) is 0 Å². The Bertz CT molecular complexity index is 696. The number of imidazole rings is 1. The van der Waals surface area contributed by atoms with E-state index in [0.717, 1.165) is 16.9 Å². The van der Waals surface area contributed by atoms with Gasteiger partial charge in [-0.25, -0.2) is 9.78 Å². The first-order valence-electron chi connectivity index (χ1n) is 7.03. The fourth-order valence-corrected chi connectivity index (χ4v) is 3.04. The van der Waals surface area contributed by atoms with Crippen LogP contribution >= 0.6 is 11.6 Å². The molecule has 1 N–H and O–H groups in total. The summed E-state index contributed by atoms with van der Waals surface area (Å²) in [4.78, 5) is 15.7. The lowest BCUT2D eigenvalue weighted by Crippen LogP contribution is -2.19. The number of rotatable bonds is 3. The SMILES string of the molecule is CC(C)n1c(C2CCC(C(=O)O)O2)nc2cc(Cl)ccc21. The number of aromatic nitrogens is 2. The highest BCUT2D eigenvalue weighted by Crippen LogP contribution is 2.36. The molecule has 0 radical (unpaired) electrons. The third-order valence-electron chi connectivity index (χ3n) is 3.78. The van der Waals surface area contributed by atoms with E-state index < -0.39 is 12.1 Å². The van der Waals surface area contributed by atoms with Crippen LogP contribution in [0.5, 0.6) is 0 Å². The Labute approximate surface area is 127 Å². The van der Waals surface area contributed by atoms with E-state index in [9.17, 15) is 4.79 Å². The van der Waals surface area contributed by atoms with E-state index in [1.54, 1.807) is 0 Å². The molecule has 0 bridgehead atoms. The molecule has 1 aliphatic heterocycles. The molecule has 2 aromatic rings. The zero-order chi connectivity index (χ0) is 15.1. The first-order chi connectivity index (χ1) is 9.97. The Morgan fingerprint density at radius 2 is 2.24 bits per heavy atom. The van der Waals surface area contributed by atoms with Gasteiger partial charge in [0.15, 0.2) is 6.10 Å². The Kier molecular flexibility index (Phi) is 3.63. The molecular formula is C15H17ClN2O3. The first-order valence-corrected chi connectivity index (χ1v) is 7.41. The van der Waals surface area contributed by atoms with Crippen molar-refractivity contribution < 1.29 is 14.6 Å². The van der Waals surface area contributed by atoms with Crippen molar-refractivity contribution in [2.24, 2.45) is 0 Å². The second kappa shape index (κ2) is 5.31. The van der Waals surface area contributed by atoms with Crippen molar-refractivity contribution in [2.45, 2.75) is 44.9 Å². The molecule has 1 fully saturated rings. The number of fused-ring (bicyclic) bond motifs is 1. The van der Waals surface area contributed by atoms with Crippen molar-refractivity contribution in [3.05, 3.63) is 29.0 Å². The normalized spacial score (nSPS) is 22.3. The highest BCUT2D eigenvalue weighted by atomic mass is 35.5. The summed E-state index contributed by atoms with van der Waals surface area (Å²) in [5.74, 6) is -0.126.